The molecule has 4 atom stereocenters. The van der Waals surface area contributed by atoms with Crippen molar-refractivity contribution in [3.05, 3.63) is 83.2 Å². The highest BCUT2D eigenvalue weighted by Crippen LogP contribution is 2.43. The molecule has 3 unspecified atom stereocenters. The van der Waals surface area contributed by atoms with Crippen LogP contribution < -0.4 is 10.1 Å². The molecule has 44 heavy (non-hydrogen) atoms. The maximum atomic E-state index is 12.9. The van der Waals surface area contributed by atoms with Gasteiger partial charge >= 0.3 is 12.1 Å². The van der Waals surface area contributed by atoms with E-state index >= 15 is 0 Å². The molecule has 2 aliphatic rings. The minimum atomic E-state index is -4.42. The van der Waals surface area contributed by atoms with Gasteiger partial charge in [0, 0.05) is 19.5 Å². The number of aliphatic carboxylic acids is 1. The van der Waals surface area contributed by atoms with E-state index in [0.29, 0.717) is 18.1 Å². The number of nitrogens with zero attached hydrogens (tertiary/aromatic N) is 2. The van der Waals surface area contributed by atoms with Crippen LogP contribution >= 0.6 is 0 Å². The van der Waals surface area contributed by atoms with Gasteiger partial charge in [-0.2, -0.15) is 13.2 Å². The third-order valence-electron chi connectivity index (χ3n) is 9.59. The van der Waals surface area contributed by atoms with Gasteiger partial charge in [0.2, 0.25) is 0 Å². The molecule has 3 aromatic carbocycles. The van der Waals surface area contributed by atoms with Crippen LogP contribution in [0.25, 0.3) is 22.2 Å². The van der Waals surface area contributed by atoms with Gasteiger partial charge in [-0.25, -0.2) is 4.98 Å². The molecule has 0 amide bonds. The smallest absolute Gasteiger partial charge is 0.416 e. The number of aromatic nitrogens is 2. The summed E-state index contributed by atoms with van der Waals surface area (Å²) in [4.78, 5) is 17.4. The monoisotopic (exact) mass is 605 g/mol. The van der Waals surface area contributed by atoms with E-state index in [4.69, 9.17) is 9.72 Å². The highest BCUT2D eigenvalue weighted by molar-refractivity contribution is 5.86. The molecule has 232 valence electrons. The third-order valence-corrected chi connectivity index (χ3v) is 9.59. The largest absolute Gasteiger partial charge is 0.493 e. The molecular weight excluding hydrogens is 567 g/mol. The summed E-state index contributed by atoms with van der Waals surface area (Å²) in [7, 11) is 2.07. The molecule has 1 aromatic heterocycles. The number of carboxylic acid groups (broad SMARTS) is 1. The summed E-state index contributed by atoms with van der Waals surface area (Å²) in [6.45, 7) is 4.16. The van der Waals surface area contributed by atoms with Gasteiger partial charge in [0.25, 0.3) is 0 Å². The van der Waals surface area contributed by atoms with Crippen LogP contribution in [0.1, 0.15) is 66.5 Å². The minimum Gasteiger partial charge on any atom is -0.493 e. The Labute approximate surface area is 255 Å². The second-order valence-electron chi connectivity index (χ2n) is 12.3. The summed E-state index contributed by atoms with van der Waals surface area (Å²) in [5.74, 6) is -0.260. The van der Waals surface area contributed by atoms with E-state index in [1.165, 1.54) is 23.2 Å². The van der Waals surface area contributed by atoms with Crippen LogP contribution in [0, 0.1) is 18.8 Å². The van der Waals surface area contributed by atoms with Crippen molar-refractivity contribution in [2.75, 3.05) is 19.7 Å². The van der Waals surface area contributed by atoms with Crippen LogP contribution in [-0.2, 0) is 18.0 Å². The Morgan fingerprint density at radius 2 is 1.77 bits per heavy atom. The van der Waals surface area contributed by atoms with Crippen molar-refractivity contribution in [2.45, 2.75) is 57.0 Å². The number of hydrogen-bond acceptors (Lipinski definition) is 4. The molecule has 2 heterocycles. The average Bonchev–Trinajstić information content (AvgIpc) is 3.32. The molecule has 1 aliphatic heterocycles. The summed E-state index contributed by atoms with van der Waals surface area (Å²) < 4.78 is 46.8. The van der Waals surface area contributed by atoms with Crippen molar-refractivity contribution < 1.29 is 27.8 Å². The summed E-state index contributed by atoms with van der Waals surface area (Å²) >= 11 is 0. The fraction of sp³-hybridized carbons (Fsp3) is 0.429. The van der Waals surface area contributed by atoms with Gasteiger partial charge in [-0.1, -0.05) is 30.7 Å². The third kappa shape index (κ3) is 6.07. The lowest BCUT2D eigenvalue weighted by Crippen LogP contribution is -2.36. The molecule has 6 nitrogen and oxygen atoms in total. The summed E-state index contributed by atoms with van der Waals surface area (Å²) in [5.41, 5.74) is 5.89. The van der Waals surface area contributed by atoms with Crippen molar-refractivity contribution in [3.8, 4) is 16.9 Å². The molecule has 0 spiro atoms. The van der Waals surface area contributed by atoms with Crippen LogP contribution in [-0.4, -0.2) is 40.3 Å². The van der Waals surface area contributed by atoms with Crippen LogP contribution in [0.3, 0.4) is 0 Å². The molecular formula is C35H38F3N3O3. The first kappa shape index (κ1) is 30.2. The second-order valence-corrected chi connectivity index (χ2v) is 12.3. The zero-order valence-electron chi connectivity index (χ0n) is 25.0. The van der Waals surface area contributed by atoms with Gasteiger partial charge in [-0.15, -0.1) is 0 Å². The number of hydrogen-bond donors (Lipinski definition) is 2. The lowest BCUT2D eigenvalue weighted by Gasteiger charge is -2.36. The predicted octanol–water partition coefficient (Wildman–Crippen LogP) is 7.70. The Morgan fingerprint density at radius 3 is 2.43 bits per heavy atom. The Balaban J connectivity index is 1.23. The van der Waals surface area contributed by atoms with E-state index in [0.717, 1.165) is 78.9 Å². The highest BCUT2D eigenvalue weighted by atomic mass is 19.4. The number of nitrogens with one attached hydrogen (secondary N) is 1. The summed E-state index contributed by atoms with van der Waals surface area (Å²) in [6.07, 6.45) is 0.158. The Kier molecular flexibility index (Phi) is 8.42. The number of rotatable bonds is 7. The Hall–Kier alpha value is -3.85. The fourth-order valence-corrected chi connectivity index (χ4v) is 7.19. The van der Waals surface area contributed by atoms with Gasteiger partial charge in [0.15, 0.2) is 0 Å². The number of benzene rings is 3. The topological polar surface area (TPSA) is 76.4 Å². The molecule has 6 rings (SSSR count). The van der Waals surface area contributed by atoms with Gasteiger partial charge in [-0.05, 0) is 110 Å². The van der Waals surface area contributed by atoms with E-state index in [1.807, 2.05) is 19.1 Å². The van der Waals surface area contributed by atoms with E-state index < -0.39 is 23.6 Å². The molecule has 4 aromatic rings. The van der Waals surface area contributed by atoms with E-state index in [2.05, 4.69) is 41.2 Å². The SMILES string of the molecule is Cc1nc2cc(-c3ccc(C4CCCC(COc5ccc(C(F)(F)F)cc5)[C@@H]4C(=O)O)cc3)cc(C3CCCNC3)c2n1C. The van der Waals surface area contributed by atoms with Crippen molar-refractivity contribution >= 4 is 17.0 Å². The first-order chi connectivity index (χ1) is 21.1. The lowest BCUT2D eigenvalue weighted by atomic mass is 9.69. The molecule has 1 saturated carbocycles. The molecule has 2 N–H and O–H groups in total. The predicted molar refractivity (Wildman–Crippen MR) is 164 cm³/mol. The lowest BCUT2D eigenvalue weighted by molar-refractivity contribution is -0.146. The number of piperidine rings is 1. The number of aryl methyl sites for hydroxylation is 2. The van der Waals surface area contributed by atoms with Crippen LogP contribution in [0.2, 0.25) is 0 Å². The van der Waals surface area contributed by atoms with Crippen molar-refractivity contribution in [3.63, 3.8) is 0 Å². The number of fused-ring (bicyclic) bond motifs is 1. The standard InChI is InChI=1S/C35H38F3N3O3/c1-21-40-31-18-26(17-30(33(31)41(21)2)24-6-4-16-39-19-24)22-8-10-23(11-9-22)29-7-3-5-25(32(29)34(42)43)20-44-28-14-12-27(13-15-28)35(36,37)38/h8-15,17-18,24-25,29,32,39H,3-7,16,19-20H2,1-2H3,(H,42,43)/t24?,25?,29?,32-/m0/s1. The van der Waals surface area contributed by atoms with E-state index in [9.17, 15) is 23.1 Å². The second kappa shape index (κ2) is 12.3. The van der Waals surface area contributed by atoms with Crippen LogP contribution in [0.5, 0.6) is 5.75 Å². The molecule has 2 fully saturated rings. The number of carbonyl (C=O) groups is 1. The molecule has 0 radical (unpaired) electrons. The molecule has 1 aliphatic carbocycles. The van der Waals surface area contributed by atoms with Gasteiger partial charge < -0.3 is 19.7 Å². The maximum Gasteiger partial charge on any atom is 0.416 e. The normalized spacial score (nSPS) is 22.7. The zero-order valence-corrected chi connectivity index (χ0v) is 25.0. The molecule has 1 saturated heterocycles. The molecule has 0 bridgehead atoms. The number of carboxylic acids is 1. The van der Waals surface area contributed by atoms with E-state index in [-0.39, 0.29) is 18.4 Å². The van der Waals surface area contributed by atoms with Gasteiger partial charge in [-0.3, -0.25) is 4.79 Å². The number of ether oxygens (including phenoxy) is 1. The number of imidazole rings is 1. The fourth-order valence-electron chi connectivity index (χ4n) is 7.19. The Morgan fingerprint density at radius 1 is 1.02 bits per heavy atom. The van der Waals surface area contributed by atoms with Crippen LogP contribution in [0.15, 0.2) is 60.7 Å². The number of alkyl halides is 3. The van der Waals surface area contributed by atoms with Crippen LogP contribution in [0.4, 0.5) is 13.2 Å². The quantitative estimate of drug-likeness (QED) is 0.226. The first-order valence-electron chi connectivity index (χ1n) is 15.4. The molecule has 9 heteroatoms. The first-order valence-corrected chi connectivity index (χ1v) is 15.4. The van der Waals surface area contributed by atoms with Gasteiger partial charge in [0.05, 0.1) is 29.1 Å². The van der Waals surface area contributed by atoms with Gasteiger partial charge in [0.1, 0.15) is 11.6 Å². The Bertz CT molecular complexity index is 1620. The average molecular weight is 606 g/mol. The van der Waals surface area contributed by atoms with Crippen molar-refractivity contribution in [1.29, 1.82) is 0 Å². The zero-order chi connectivity index (χ0) is 31.0. The minimum absolute atomic E-state index is 0.138. The summed E-state index contributed by atoms with van der Waals surface area (Å²) in [5, 5.41) is 13.8. The van der Waals surface area contributed by atoms with E-state index in [1.54, 1.807) is 0 Å². The summed E-state index contributed by atoms with van der Waals surface area (Å²) in [6, 6.07) is 17.2. The maximum absolute atomic E-state index is 12.9. The van der Waals surface area contributed by atoms with Crippen molar-refractivity contribution in [1.82, 2.24) is 14.9 Å². The van der Waals surface area contributed by atoms with Crippen molar-refractivity contribution in [2.24, 2.45) is 18.9 Å². The highest BCUT2D eigenvalue weighted by Gasteiger charge is 2.40. The number of halogens is 3.